The van der Waals surface area contributed by atoms with Crippen LogP contribution in [0.5, 0.6) is 11.5 Å². The fraction of sp³-hybridized carbons (Fsp3) is 0.571. The van der Waals surface area contributed by atoms with Gasteiger partial charge in [-0.2, -0.15) is 8.42 Å². The molecule has 0 saturated heterocycles. The molecule has 1 aliphatic carbocycles. The molecule has 1 aromatic carbocycles. The quantitative estimate of drug-likeness (QED) is 0.781. The average Bonchev–Trinajstić information content (AvgIpc) is 2.40. The van der Waals surface area contributed by atoms with Crippen LogP contribution in [0.15, 0.2) is 24.3 Å². The molecular formula is C14H20O5S. The second-order valence-electron chi connectivity index (χ2n) is 4.96. The minimum Gasteiger partial charge on any atom is -0.497 e. The highest BCUT2D eigenvalue weighted by atomic mass is 32.2. The van der Waals surface area contributed by atoms with Crippen molar-refractivity contribution < 1.29 is 22.1 Å². The van der Waals surface area contributed by atoms with Crippen molar-refractivity contribution in [3.63, 3.8) is 0 Å². The maximum absolute atomic E-state index is 11.3. The SMILES string of the molecule is COc1ccc(O[C@@H]2CCCC[C@@H]2OS(C)(=O)=O)cc1. The highest BCUT2D eigenvalue weighted by Crippen LogP contribution is 2.27. The van der Waals surface area contributed by atoms with Gasteiger partial charge < -0.3 is 9.47 Å². The Morgan fingerprint density at radius 3 is 2.10 bits per heavy atom. The van der Waals surface area contributed by atoms with Crippen LogP contribution in [0.25, 0.3) is 0 Å². The number of benzene rings is 1. The summed E-state index contributed by atoms with van der Waals surface area (Å²) in [7, 11) is -1.86. The van der Waals surface area contributed by atoms with E-state index in [9.17, 15) is 8.42 Å². The maximum Gasteiger partial charge on any atom is 0.264 e. The lowest BCUT2D eigenvalue weighted by Crippen LogP contribution is -2.38. The van der Waals surface area contributed by atoms with Crippen molar-refractivity contribution in [3.8, 4) is 11.5 Å². The Bertz CT molecular complexity index is 523. The Morgan fingerprint density at radius 1 is 1.00 bits per heavy atom. The highest BCUT2D eigenvalue weighted by molar-refractivity contribution is 7.86. The van der Waals surface area contributed by atoms with Gasteiger partial charge >= 0.3 is 0 Å². The Labute approximate surface area is 120 Å². The molecule has 0 amide bonds. The molecular weight excluding hydrogens is 280 g/mol. The first-order chi connectivity index (χ1) is 9.48. The van der Waals surface area contributed by atoms with Gasteiger partial charge in [0.15, 0.2) is 0 Å². The molecule has 0 N–H and O–H groups in total. The molecule has 1 saturated carbocycles. The summed E-state index contributed by atoms with van der Waals surface area (Å²) in [6, 6.07) is 7.24. The molecule has 0 unspecified atom stereocenters. The summed E-state index contributed by atoms with van der Waals surface area (Å²) in [6.45, 7) is 0. The number of hydrogen-bond acceptors (Lipinski definition) is 5. The van der Waals surface area contributed by atoms with Crippen LogP contribution in [0, 0.1) is 0 Å². The Hall–Kier alpha value is -1.27. The zero-order chi connectivity index (χ0) is 14.6. The highest BCUT2D eigenvalue weighted by Gasteiger charge is 2.30. The largest absolute Gasteiger partial charge is 0.497 e. The number of methoxy groups -OCH3 is 1. The lowest BCUT2D eigenvalue weighted by molar-refractivity contribution is 0.0277. The van der Waals surface area contributed by atoms with Crippen LogP contribution in [0.3, 0.4) is 0 Å². The first kappa shape index (κ1) is 15.1. The smallest absolute Gasteiger partial charge is 0.264 e. The topological polar surface area (TPSA) is 61.8 Å². The minimum atomic E-state index is -3.46. The molecule has 112 valence electrons. The van der Waals surface area contributed by atoms with Crippen molar-refractivity contribution in [2.45, 2.75) is 37.9 Å². The third-order valence-electron chi connectivity index (χ3n) is 3.29. The van der Waals surface area contributed by atoms with Crippen molar-refractivity contribution in [2.24, 2.45) is 0 Å². The van der Waals surface area contributed by atoms with Crippen LogP contribution in [0.2, 0.25) is 0 Å². The minimum absolute atomic E-state index is 0.230. The molecule has 0 heterocycles. The van der Waals surface area contributed by atoms with Gasteiger partial charge in [-0.1, -0.05) is 6.42 Å². The van der Waals surface area contributed by atoms with E-state index in [1.807, 2.05) is 24.3 Å². The zero-order valence-electron chi connectivity index (χ0n) is 11.7. The van der Waals surface area contributed by atoms with Gasteiger partial charge in [-0.3, -0.25) is 4.18 Å². The van der Waals surface area contributed by atoms with Gasteiger partial charge in [-0.15, -0.1) is 0 Å². The average molecular weight is 300 g/mol. The van der Waals surface area contributed by atoms with E-state index in [0.717, 1.165) is 31.3 Å². The van der Waals surface area contributed by atoms with E-state index in [2.05, 4.69) is 0 Å². The Balaban J connectivity index is 2.04. The second kappa shape index (κ2) is 6.45. The lowest BCUT2D eigenvalue weighted by atomic mass is 9.95. The van der Waals surface area contributed by atoms with Crippen molar-refractivity contribution in [1.29, 1.82) is 0 Å². The molecule has 20 heavy (non-hydrogen) atoms. The summed E-state index contributed by atoms with van der Waals surface area (Å²) in [6.07, 6.45) is 3.92. The van der Waals surface area contributed by atoms with Crippen molar-refractivity contribution >= 4 is 10.1 Å². The third-order valence-corrected chi connectivity index (χ3v) is 3.88. The van der Waals surface area contributed by atoms with Crippen molar-refractivity contribution in [3.05, 3.63) is 24.3 Å². The molecule has 1 aromatic rings. The van der Waals surface area contributed by atoms with E-state index in [0.29, 0.717) is 12.2 Å². The summed E-state index contributed by atoms with van der Waals surface area (Å²) in [5.74, 6) is 1.45. The molecule has 5 nitrogen and oxygen atoms in total. The van der Waals surface area contributed by atoms with Crippen LogP contribution in [-0.2, 0) is 14.3 Å². The molecule has 2 atom stereocenters. The van der Waals surface area contributed by atoms with E-state index in [1.165, 1.54) is 0 Å². The molecule has 0 aromatic heterocycles. The van der Waals surface area contributed by atoms with E-state index < -0.39 is 16.2 Å². The lowest BCUT2D eigenvalue weighted by Gasteiger charge is -2.30. The van der Waals surface area contributed by atoms with Gasteiger partial charge in [-0.25, -0.2) is 0 Å². The Morgan fingerprint density at radius 2 is 1.55 bits per heavy atom. The fourth-order valence-corrected chi connectivity index (χ4v) is 3.03. The predicted molar refractivity (Wildman–Crippen MR) is 75.6 cm³/mol. The molecule has 1 fully saturated rings. The predicted octanol–water partition coefficient (Wildman–Crippen LogP) is 2.36. The number of hydrogen-bond donors (Lipinski definition) is 0. The molecule has 6 heteroatoms. The molecule has 0 bridgehead atoms. The monoisotopic (exact) mass is 300 g/mol. The van der Waals surface area contributed by atoms with Crippen LogP contribution < -0.4 is 9.47 Å². The van der Waals surface area contributed by atoms with Gasteiger partial charge in [0.1, 0.15) is 23.7 Å². The van der Waals surface area contributed by atoms with E-state index in [4.69, 9.17) is 13.7 Å². The fourth-order valence-electron chi connectivity index (χ4n) is 2.36. The standard InChI is InChI=1S/C14H20O5S/c1-17-11-7-9-12(10-8-11)18-13-5-3-4-6-14(13)19-20(2,15)16/h7-10,13-14H,3-6H2,1-2H3/t13-,14+/m1/s1. The molecule has 0 radical (unpaired) electrons. The van der Waals surface area contributed by atoms with Gasteiger partial charge in [-0.05, 0) is 43.5 Å². The van der Waals surface area contributed by atoms with E-state index in [-0.39, 0.29) is 6.10 Å². The molecule has 0 aliphatic heterocycles. The van der Waals surface area contributed by atoms with Crippen LogP contribution >= 0.6 is 0 Å². The second-order valence-corrected chi connectivity index (χ2v) is 6.56. The van der Waals surface area contributed by atoms with Crippen LogP contribution in [0.1, 0.15) is 25.7 Å². The van der Waals surface area contributed by atoms with Gasteiger partial charge in [0, 0.05) is 0 Å². The van der Waals surface area contributed by atoms with Crippen molar-refractivity contribution in [2.75, 3.05) is 13.4 Å². The normalized spacial score (nSPS) is 23.3. The molecule has 2 rings (SSSR count). The van der Waals surface area contributed by atoms with Gasteiger partial charge in [0.2, 0.25) is 0 Å². The van der Waals surface area contributed by atoms with Crippen LogP contribution in [-0.4, -0.2) is 34.0 Å². The summed E-state index contributed by atoms with van der Waals surface area (Å²) in [5.41, 5.74) is 0. The first-order valence-corrected chi connectivity index (χ1v) is 8.48. The first-order valence-electron chi connectivity index (χ1n) is 6.67. The summed E-state index contributed by atoms with van der Waals surface area (Å²) < 4.78 is 38.7. The van der Waals surface area contributed by atoms with Gasteiger partial charge in [0.25, 0.3) is 10.1 Å². The maximum atomic E-state index is 11.3. The van der Waals surface area contributed by atoms with Crippen molar-refractivity contribution in [1.82, 2.24) is 0 Å². The Kier molecular flexibility index (Phi) is 4.88. The molecule has 0 spiro atoms. The van der Waals surface area contributed by atoms with Crippen LogP contribution in [0.4, 0.5) is 0 Å². The number of ether oxygens (including phenoxy) is 2. The van der Waals surface area contributed by atoms with E-state index >= 15 is 0 Å². The number of rotatable bonds is 5. The zero-order valence-corrected chi connectivity index (χ0v) is 12.6. The summed E-state index contributed by atoms with van der Waals surface area (Å²) in [5, 5.41) is 0. The summed E-state index contributed by atoms with van der Waals surface area (Å²) in [4.78, 5) is 0. The molecule has 1 aliphatic rings. The third kappa shape index (κ3) is 4.38. The van der Waals surface area contributed by atoms with E-state index in [1.54, 1.807) is 7.11 Å². The summed E-state index contributed by atoms with van der Waals surface area (Å²) >= 11 is 0. The van der Waals surface area contributed by atoms with Gasteiger partial charge in [0.05, 0.1) is 13.4 Å².